The smallest absolute Gasteiger partial charge is 0.319 e. The van der Waals surface area contributed by atoms with E-state index in [0.29, 0.717) is 0 Å². The van der Waals surface area contributed by atoms with E-state index in [9.17, 15) is 4.79 Å². The van der Waals surface area contributed by atoms with Crippen LogP contribution >= 0.6 is 11.3 Å². The van der Waals surface area contributed by atoms with E-state index in [1.807, 2.05) is 30.4 Å². The molecule has 4 rings (SSSR count). The number of aromatic nitrogens is 1. The van der Waals surface area contributed by atoms with Crippen molar-refractivity contribution >= 4 is 23.1 Å². The first-order chi connectivity index (χ1) is 14.5. The lowest BCUT2D eigenvalue weighted by atomic mass is 9.96. The molecule has 1 aliphatic rings. The van der Waals surface area contributed by atoms with Gasteiger partial charge in [-0.3, -0.25) is 0 Å². The number of nitrogens with zero attached hydrogens (tertiary/aromatic N) is 2. The summed E-state index contributed by atoms with van der Waals surface area (Å²) in [4.78, 5) is 16.7. The van der Waals surface area contributed by atoms with Crippen LogP contribution in [0.15, 0.2) is 42.7 Å². The maximum atomic E-state index is 12.9. The van der Waals surface area contributed by atoms with Crippen molar-refractivity contribution in [2.24, 2.45) is 0 Å². The summed E-state index contributed by atoms with van der Waals surface area (Å²) in [5.74, 6) is 0. The summed E-state index contributed by atoms with van der Waals surface area (Å²) in [5.41, 5.74) is 5.83. The third kappa shape index (κ3) is 4.02. The van der Waals surface area contributed by atoms with Gasteiger partial charge in [-0.05, 0) is 68.6 Å². The van der Waals surface area contributed by atoms with Gasteiger partial charge in [0.1, 0.15) is 5.00 Å². The highest BCUT2D eigenvalue weighted by Gasteiger charge is 2.28. The average Bonchev–Trinajstić information content (AvgIpc) is 3.37. The number of benzene rings is 1. The van der Waals surface area contributed by atoms with Crippen molar-refractivity contribution in [1.82, 2.24) is 14.8 Å². The molecule has 0 aliphatic carbocycles. The van der Waals surface area contributed by atoms with E-state index in [2.05, 4.69) is 71.6 Å². The largest absolute Gasteiger partial charge is 0.331 e. The minimum atomic E-state index is -0.151. The Morgan fingerprint density at radius 1 is 1.20 bits per heavy atom. The number of amides is 2. The second-order valence-electron chi connectivity index (χ2n) is 8.11. The van der Waals surface area contributed by atoms with Crippen molar-refractivity contribution in [2.45, 2.75) is 46.2 Å². The fraction of sp³-hybridized carbons (Fsp3) is 0.375. The Morgan fingerprint density at radius 3 is 2.70 bits per heavy atom. The molecule has 0 fully saturated rings. The summed E-state index contributed by atoms with van der Waals surface area (Å²) >= 11 is 1.85. The SMILES string of the molecule is CCC(NC(=O)Nc1cccc(C)c1C)c1c(-n2cccc2)sc2c1CCN(C)C2. The Kier molecular flexibility index (Phi) is 5.97. The van der Waals surface area contributed by atoms with E-state index in [0.717, 1.165) is 37.2 Å². The zero-order chi connectivity index (χ0) is 21.3. The summed E-state index contributed by atoms with van der Waals surface area (Å²) in [5, 5.41) is 7.54. The molecule has 0 spiro atoms. The number of rotatable bonds is 5. The topological polar surface area (TPSA) is 49.3 Å². The Bertz CT molecular complexity index is 1040. The third-order valence-electron chi connectivity index (χ3n) is 6.02. The summed E-state index contributed by atoms with van der Waals surface area (Å²) in [6.45, 7) is 8.26. The minimum Gasteiger partial charge on any atom is -0.331 e. The Balaban J connectivity index is 1.64. The molecule has 0 radical (unpaired) electrons. The first kappa shape index (κ1) is 20.7. The van der Waals surface area contributed by atoms with Crippen molar-refractivity contribution in [3.8, 4) is 5.00 Å². The molecule has 30 heavy (non-hydrogen) atoms. The number of likely N-dealkylation sites (N-methyl/N-ethyl adjacent to an activating group) is 1. The summed E-state index contributed by atoms with van der Waals surface area (Å²) in [7, 11) is 2.17. The van der Waals surface area contributed by atoms with E-state index in [4.69, 9.17) is 0 Å². The van der Waals surface area contributed by atoms with Gasteiger partial charge in [-0.25, -0.2) is 4.79 Å². The molecule has 1 atom stereocenters. The highest BCUT2D eigenvalue weighted by atomic mass is 32.1. The van der Waals surface area contributed by atoms with Crippen molar-refractivity contribution in [3.05, 3.63) is 69.9 Å². The molecule has 2 amide bonds. The van der Waals surface area contributed by atoms with Gasteiger partial charge >= 0.3 is 6.03 Å². The lowest BCUT2D eigenvalue weighted by molar-refractivity contribution is 0.248. The van der Waals surface area contributed by atoms with E-state index in [1.165, 1.54) is 26.6 Å². The number of nitrogens with one attached hydrogen (secondary N) is 2. The molecule has 0 saturated heterocycles. The molecule has 0 bridgehead atoms. The van der Waals surface area contributed by atoms with Crippen LogP contribution in [0.1, 0.15) is 46.5 Å². The molecule has 1 aromatic carbocycles. The lowest BCUT2D eigenvalue weighted by Crippen LogP contribution is -2.34. The van der Waals surface area contributed by atoms with E-state index in [-0.39, 0.29) is 12.1 Å². The predicted molar refractivity (Wildman–Crippen MR) is 125 cm³/mol. The molecule has 3 heterocycles. The highest BCUT2D eigenvalue weighted by molar-refractivity contribution is 7.15. The van der Waals surface area contributed by atoms with E-state index in [1.54, 1.807) is 0 Å². The van der Waals surface area contributed by atoms with Gasteiger partial charge in [0.05, 0.1) is 6.04 Å². The second kappa shape index (κ2) is 8.66. The van der Waals surface area contributed by atoms with Gasteiger partial charge in [-0.2, -0.15) is 0 Å². The van der Waals surface area contributed by atoms with Gasteiger partial charge < -0.3 is 20.1 Å². The summed E-state index contributed by atoms with van der Waals surface area (Å²) in [6, 6.07) is 9.91. The molecule has 5 nitrogen and oxygen atoms in total. The molecule has 1 unspecified atom stereocenters. The molecule has 1 aliphatic heterocycles. The normalized spacial score (nSPS) is 14.9. The molecule has 6 heteroatoms. The molecule has 2 N–H and O–H groups in total. The standard InChI is InChI=1S/C24H30N4OS/c1-5-19(25-24(29)26-20-10-8-9-16(2)17(20)3)22-18-11-14-27(4)15-21(18)30-23(22)28-12-6-7-13-28/h6-10,12-13,19H,5,11,14-15H2,1-4H3,(H2,25,26,29). The number of anilines is 1. The maximum absolute atomic E-state index is 12.9. The average molecular weight is 423 g/mol. The quantitative estimate of drug-likeness (QED) is 0.577. The second-order valence-corrected chi connectivity index (χ2v) is 9.19. The van der Waals surface area contributed by atoms with Crippen molar-refractivity contribution in [1.29, 1.82) is 0 Å². The number of carbonyl (C=O) groups is 1. The van der Waals surface area contributed by atoms with Crippen LogP contribution in [0, 0.1) is 13.8 Å². The van der Waals surface area contributed by atoms with Crippen LogP contribution in [-0.4, -0.2) is 29.1 Å². The number of carbonyl (C=O) groups excluding carboxylic acids is 1. The van der Waals surface area contributed by atoms with Crippen molar-refractivity contribution < 1.29 is 4.79 Å². The fourth-order valence-electron chi connectivity index (χ4n) is 4.14. The van der Waals surface area contributed by atoms with Crippen LogP contribution in [0.2, 0.25) is 0 Å². The zero-order valence-electron chi connectivity index (χ0n) is 18.2. The Morgan fingerprint density at radius 2 is 1.97 bits per heavy atom. The Hall–Kier alpha value is -2.57. The van der Waals surface area contributed by atoms with Crippen LogP contribution in [-0.2, 0) is 13.0 Å². The molecule has 2 aromatic heterocycles. The van der Waals surface area contributed by atoms with Gasteiger partial charge in [-0.15, -0.1) is 11.3 Å². The fourth-order valence-corrected chi connectivity index (χ4v) is 5.60. The van der Waals surface area contributed by atoms with Gasteiger partial charge in [0.15, 0.2) is 0 Å². The van der Waals surface area contributed by atoms with Gasteiger partial charge in [0, 0.05) is 41.6 Å². The van der Waals surface area contributed by atoms with Crippen LogP contribution in [0.3, 0.4) is 0 Å². The monoisotopic (exact) mass is 422 g/mol. The highest BCUT2D eigenvalue weighted by Crippen LogP contribution is 2.40. The van der Waals surface area contributed by atoms with Crippen molar-refractivity contribution in [2.75, 3.05) is 18.9 Å². The maximum Gasteiger partial charge on any atom is 0.319 e. The third-order valence-corrected chi connectivity index (χ3v) is 7.27. The van der Waals surface area contributed by atoms with Crippen molar-refractivity contribution in [3.63, 3.8) is 0 Å². The predicted octanol–water partition coefficient (Wildman–Crippen LogP) is 5.42. The molecule has 3 aromatic rings. The first-order valence-corrected chi connectivity index (χ1v) is 11.4. The number of aryl methyl sites for hydroxylation is 1. The van der Waals surface area contributed by atoms with Crippen LogP contribution < -0.4 is 10.6 Å². The Labute approximate surface area is 182 Å². The molecular weight excluding hydrogens is 392 g/mol. The molecule has 0 saturated carbocycles. The summed E-state index contributed by atoms with van der Waals surface area (Å²) in [6.07, 6.45) is 6.05. The number of hydrogen-bond donors (Lipinski definition) is 2. The van der Waals surface area contributed by atoms with Crippen LogP contribution in [0.4, 0.5) is 10.5 Å². The number of urea groups is 1. The lowest BCUT2D eigenvalue weighted by Gasteiger charge is -2.25. The van der Waals surface area contributed by atoms with Crippen LogP contribution in [0.25, 0.3) is 5.00 Å². The zero-order valence-corrected chi connectivity index (χ0v) is 19.0. The van der Waals surface area contributed by atoms with Gasteiger partial charge in [-0.1, -0.05) is 19.1 Å². The number of hydrogen-bond acceptors (Lipinski definition) is 3. The molecular formula is C24H30N4OS. The van der Waals surface area contributed by atoms with E-state index >= 15 is 0 Å². The number of thiophene rings is 1. The van der Waals surface area contributed by atoms with Crippen LogP contribution in [0.5, 0.6) is 0 Å². The molecule has 158 valence electrons. The van der Waals surface area contributed by atoms with Gasteiger partial charge in [0.2, 0.25) is 0 Å². The van der Waals surface area contributed by atoms with E-state index < -0.39 is 0 Å². The first-order valence-electron chi connectivity index (χ1n) is 10.6. The minimum absolute atomic E-state index is 0.0316. The number of fused-ring (bicyclic) bond motifs is 1. The summed E-state index contributed by atoms with van der Waals surface area (Å²) < 4.78 is 2.19. The van der Waals surface area contributed by atoms with Gasteiger partial charge in [0.25, 0.3) is 0 Å².